The van der Waals surface area contributed by atoms with E-state index in [1.165, 1.54) is 0 Å². The molecular weight excluding hydrogens is 263 g/mol. The number of rotatable bonds is 2. The Kier molecular flexibility index (Phi) is 3.57. The Morgan fingerprint density at radius 2 is 2.33 bits per heavy atom. The molecule has 1 aromatic rings. The molecule has 0 aliphatic carbocycles. The lowest BCUT2D eigenvalue weighted by molar-refractivity contribution is 0.184. The molecule has 62 valence electrons. The van der Waals surface area contributed by atoms with Gasteiger partial charge in [-0.2, -0.15) is 0 Å². The predicted octanol–water partition coefficient (Wildman–Crippen LogP) is 2.35. The van der Waals surface area contributed by atoms with Crippen molar-refractivity contribution in [3.63, 3.8) is 0 Å². The molecular formula is C10H9IO. The normalized spacial score (nSPS) is 12.1. The minimum Gasteiger partial charge on any atom is -0.387 e. The Morgan fingerprint density at radius 1 is 1.58 bits per heavy atom. The van der Waals surface area contributed by atoms with Gasteiger partial charge in [-0.05, 0) is 40.3 Å². The molecule has 0 amide bonds. The van der Waals surface area contributed by atoms with Crippen molar-refractivity contribution in [2.45, 2.75) is 12.5 Å². The molecule has 1 atom stereocenters. The van der Waals surface area contributed by atoms with Gasteiger partial charge in [0.05, 0.1) is 6.10 Å². The standard InChI is InChI=1S/C10H9IO/c1-2-4-10(12)8-5-3-6-9(11)7-8/h1,3,5-7,10,12H,4H2. The first-order valence-corrected chi connectivity index (χ1v) is 4.69. The molecule has 1 rings (SSSR count). The largest absolute Gasteiger partial charge is 0.387 e. The van der Waals surface area contributed by atoms with Crippen molar-refractivity contribution in [3.05, 3.63) is 33.4 Å². The number of hydrogen-bond donors (Lipinski definition) is 1. The van der Waals surface area contributed by atoms with Crippen LogP contribution in [0.4, 0.5) is 0 Å². The third-order valence-corrected chi connectivity index (χ3v) is 2.22. The molecule has 0 saturated carbocycles. The second-order valence-electron chi connectivity index (χ2n) is 2.48. The van der Waals surface area contributed by atoms with Crippen LogP contribution in [0.2, 0.25) is 0 Å². The van der Waals surface area contributed by atoms with Crippen LogP contribution in [0.25, 0.3) is 0 Å². The lowest BCUT2D eigenvalue weighted by atomic mass is 10.1. The van der Waals surface area contributed by atoms with Crippen LogP contribution < -0.4 is 0 Å². The Morgan fingerprint density at radius 3 is 2.92 bits per heavy atom. The second-order valence-corrected chi connectivity index (χ2v) is 3.72. The summed E-state index contributed by atoms with van der Waals surface area (Å²) in [5.41, 5.74) is 0.889. The maximum Gasteiger partial charge on any atom is 0.0899 e. The molecule has 12 heavy (non-hydrogen) atoms. The smallest absolute Gasteiger partial charge is 0.0899 e. The van der Waals surface area contributed by atoms with Gasteiger partial charge in [0, 0.05) is 9.99 Å². The zero-order valence-corrected chi connectivity index (χ0v) is 8.65. The summed E-state index contributed by atoms with van der Waals surface area (Å²) in [5, 5.41) is 9.50. The summed E-state index contributed by atoms with van der Waals surface area (Å²) in [5.74, 6) is 2.43. The van der Waals surface area contributed by atoms with Gasteiger partial charge in [0.2, 0.25) is 0 Å². The molecule has 2 heteroatoms. The third kappa shape index (κ3) is 2.50. The Hall–Kier alpha value is -0.530. The van der Waals surface area contributed by atoms with Crippen LogP contribution in [-0.2, 0) is 0 Å². The second kappa shape index (κ2) is 4.48. The summed E-state index contributed by atoms with van der Waals surface area (Å²) in [6.07, 6.45) is 4.94. The van der Waals surface area contributed by atoms with E-state index in [0.29, 0.717) is 6.42 Å². The SMILES string of the molecule is C#CCC(O)c1cccc(I)c1. The first-order chi connectivity index (χ1) is 5.74. The maximum absolute atomic E-state index is 9.50. The van der Waals surface area contributed by atoms with Crippen LogP contribution in [0, 0.1) is 15.9 Å². The van der Waals surface area contributed by atoms with Gasteiger partial charge >= 0.3 is 0 Å². The van der Waals surface area contributed by atoms with E-state index in [-0.39, 0.29) is 0 Å². The van der Waals surface area contributed by atoms with Crippen molar-refractivity contribution in [2.24, 2.45) is 0 Å². The third-order valence-electron chi connectivity index (χ3n) is 1.54. The van der Waals surface area contributed by atoms with Gasteiger partial charge in [0.25, 0.3) is 0 Å². The molecule has 0 saturated heterocycles. The van der Waals surface area contributed by atoms with Crippen molar-refractivity contribution in [2.75, 3.05) is 0 Å². The van der Waals surface area contributed by atoms with Gasteiger partial charge in [-0.25, -0.2) is 0 Å². The highest BCUT2D eigenvalue weighted by molar-refractivity contribution is 14.1. The average molecular weight is 272 g/mol. The monoisotopic (exact) mass is 272 g/mol. The van der Waals surface area contributed by atoms with Crippen LogP contribution in [0.3, 0.4) is 0 Å². The highest BCUT2D eigenvalue weighted by Crippen LogP contribution is 2.17. The molecule has 1 N–H and O–H groups in total. The summed E-state index contributed by atoms with van der Waals surface area (Å²) < 4.78 is 1.11. The van der Waals surface area contributed by atoms with Crippen LogP contribution in [0.1, 0.15) is 18.1 Å². The summed E-state index contributed by atoms with van der Waals surface area (Å²) in [4.78, 5) is 0. The van der Waals surface area contributed by atoms with Crippen LogP contribution in [0.15, 0.2) is 24.3 Å². The average Bonchev–Trinajstić information content (AvgIpc) is 2.05. The number of hydrogen-bond acceptors (Lipinski definition) is 1. The Bertz CT molecular complexity index is 301. The van der Waals surface area contributed by atoms with Gasteiger partial charge in [-0.15, -0.1) is 12.3 Å². The van der Waals surface area contributed by atoms with E-state index < -0.39 is 6.10 Å². The minimum absolute atomic E-state index is 0.375. The number of terminal acetylenes is 1. The molecule has 0 bridgehead atoms. The van der Waals surface area contributed by atoms with Crippen molar-refractivity contribution >= 4 is 22.6 Å². The number of aliphatic hydroxyl groups is 1. The first kappa shape index (κ1) is 9.56. The van der Waals surface area contributed by atoms with Crippen LogP contribution >= 0.6 is 22.6 Å². The zero-order valence-electron chi connectivity index (χ0n) is 6.50. The fourth-order valence-corrected chi connectivity index (χ4v) is 1.51. The summed E-state index contributed by atoms with van der Waals surface area (Å²) in [6.45, 7) is 0. The van der Waals surface area contributed by atoms with Crippen molar-refractivity contribution < 1.29 is 5.11 Å². The number of benzene rings is 1. The molecule has 0 fully saturated rings. The molecule has 0 spiro atoms. The van der Waals surface area contributed by atoms with Crippen molar-refractivity contribution in [1.29, 1.82) is 0 Å². The van der Waals surface area contributed by atoms with Gasteiger partial charge in [0.15, 0.2) is 0 Å². The predicted molar refractivity (Wildman–Crippen MR) is 57.6 cm³/mol. The fourth-order valence-electron chi connectivity index (χ4n) is 0.943. The number of aliphatic hydroxyl groups excluding tert-OH is 1. The van der Waals surface area contributed by atoms with Gasteiger partial charge < -0.3 is 5.11 Å². The molecule has 0 aliphatic rings. The van der Waals surface area contributed by atoms with E-state index in [2.05, 4.69) is 28.5 Å². The van der Waals surface area contributed by atoms with E-state index in [9.17, 15) is 5.11 Å². The minimum atomic E-state index is -0.523. The van der Waals surface area contributed by atoms with Crippen LogP contribution in [0.5, 0.6) is 0 Å². The molecule has 0 aliphatic heterocycles. The zero-order chi connectivity index (χ0) is 8.97. The van der Waals surface area contributed by atoms with E-state index in [1.54, 1.807) is 0 Å². The highest BCUT2D eigenvalue weighted by atomic mass is 127. The van der Waals surface area contributed by atoms with Gasteiger partial charge in [-0.3, -0.25) is 0 Å². The molecule has 0 heterocycles. The van der Waals surface area contributed by atoms with E-state index in [4.69, 9.17) is 6.42 Å². The first-order valence-electron chi connectivity index (χ1n) is 3.61. The van der Waals surface area contributed by atoms with Crippen molar-refractivity contribution in [3.8, 4) is 12.3 Å². The number of halogens is 1. The molecule has 0 aromatic heterocycles. The maximum atomic E-state index is 9.50. The summed E-state index contributed by atoms with van der Waals surface area (Å²) in [6, 6.07) is 7.70. The molecule has 0 radical (unpaired) electrons. The fraction of sp³-hybridized carbons (Fsp3) is 0.200. The summed E-state index contributed by atoms with van der Waals surface area (Å²) >= 11 is 2.20. The van der Waals surface area contributed by atoms with Crippen LogP contribution in [-0.4, -0.2) is 5.11 Å². The molecule has 1 unspecified atom stereocenters. The molecule has 1 nitrogen and oxygen atoms in total. The van der Waals surface area contributed by atoms with E-state index >= 15 is 0 Å². The topological polar surface area (TPSA) is 20.2 Å². The lowest BCUT2D eigenvalue weighted by Crippen LogP contribution is -1.95. The van der Waals surface area contributed by atoms with Gasteiger partial charge in [-0.1, -0.05) is 12.1 Å². The lowest BCUT2D eigenvalue weighted by Gasteiger charge is -2.06. The van der Waals surface area contributed by atoms with E-state index in [0.717, 1.165) is 9.13 Å². The van der Waals surface area contributed by atoms with Gasteiger partial charge in [0.1, 0.15) is 0 Å². The summed E-state index contributed by atoms with van der Waals surface area (Å²) in [7, 11) is 0. The van der Waals surface area contributed by atoms with E-state index in [1.807, 2.05) is 24.3 Å². The Balaban J connectivity index is 2.82. The quantitative estimate of drug-likeness (QED) is 0.647. The highest BCUT2D eigenvalue weighted by Gasteiger charge is 2.04. The molecule has 1 aromatic carbocycles. The van der Waals surface area contributed by atoms with Crippen molar-refractivity contribution in [1.82, 2.24) is 0 Å². The Labute approximate surface area is 85.9 Å².